The van der Waals surface area contributed by atoms with Crippen molar-refractivity contribution in [3.8, 4) is 11.8 Å². The number of hydrogen-bond acceptors (Lipinski definition) is 4. The second-order valence-electron chi connectivity index (χ2n) is 3.90. The van der Waals surface area contributed by atoms with Crippen LogP contribution in [0.5, 0.6) is 5.75 Å². The highest BCUT2D eigenvalue weighted by Gasteiger charge is 2.12. The molecule has 0 aliphatic carbocycles. The summed E-state index contributed by atoms with van der Waals surface area (Å²) in [6, 6.07) is 8.88. The predicted octanol–water partition coefficient (Wildman–Crippen LogP) is 2.55. The quantitative estimate of drug-likeness (QED) is 0.464. The molecule has 0 saturated carbocycles. The second kappa shape index (κ2) is 6.45. The summed E-state index contributed by atoms with van der Waals surface area (Å²) in [5, 5.41) is 8.93. The summed E-state index contributed by atoms with van der Waals surface area (Å²) >= 11 is 0. The number of nitriles is 1. The van der Waals surface area contributed by atoms with Crippen molar-refractivity contribution in [3.63, 3.8) is 0 Å². The van der Waals surface area contributed by atoms with Gasteiger partial charge in [-0.2, -0.15) is 5.26 Å². The Morgan fingerprint density at radius 1 is 1.33 bits per heavy atom. The molecule has 1 aromatic carbocycles. The zero-order valence-electron chi connectivity index (χ0n) is 10.6. The zero-order valence-corrected chi connectivity index (χ0v) is 10.6. The fraction of sp³-hybridized carbons (Fsp3) is 0.286. The van der Waals surface area contributed by atoms with E-state index in [0.717, 1.165) is 11.3 Å². The minimum Gasteiger partial charge on any atom is -0.497 e. The Balaban J connectivity index is 2.90. The molecule has 0 heterocycles. The van der Waals surface area contributed by atoms with Crippen molar-refractivity contribution in [3.05, 3.63) is 35.4 Å². The van der Waals surface area contributed by atoms with Crippen LogP contribution in [0.25, 0.3) is 6.08 Å². The van der Waals surface area contributed by atoms with Crippen molar-refractivity contribution in [2.24, 2.45) is 0 Å². The van der Waals surface area contributed by atoms with Gasteiger partial charge in [0.05, 0.1) is 13.2 Å². The second-order valence-corrected chi connectivity index (χ2v) is 3.90. The maximum atomic E-state index is 11.6. The molecule has 18 heavy (non-hydrogen) atoms. The van der Waals surface area contributed by atoms with Crippen molar-refractivity contribution in [1.82, 2.24) is 0 Å². The summed E-state index contributed by atoms with van der Waals surface area (Å²) in [6.45, 7) is 3.47. The molecule has 0 spiro atoms. The van der Waals surface area contributed by atoms with Crippen LogP contribution in [-0.2, 0) is 9.53 Å². The van der Waals surface area contributed by atoms with Crippen molar-refractivity contribution in [2.75, 3.05) is 7.11 Å². The van der Waals surface area contributed by atoms with Gasteiger partial charge in [-0.3, -0.25) is 0 Å². The summed E-state index contributed by atoms with van der Waals surface area (Å²) in [7, 11) is 1.57. The number of nitrogens with zero attached hydrogens (tertiary/aromatic N) is 1. The summed E-state index contributed by atoms with van der Waals surface area (Å²) in [5.41, 5.74) is 0.724. The summed E-state index contributed by atoms with van der Waals surface area (Å²) in [6.07, 6.45) is 1.24. The zero-order chi connectivity index (χ0) is 13.5. The van der Waals surface area contributed by atoms with Gasteiger partial charge in [0.25, 0.3) is 0 Å². The molecule has 94 valence electrons. The molecule has 0 amide bonds. The predicted molar refractivity (Wildman–Crippen MR) is 67.8 cm³/mol. The van der Waals surface area contributed by atoms with E-state index in [-0.39, 0.29) is 11.7 Å². The molecular formula is C14H15NO3. The van der Waals surface area contributed by atoms with Gasteiger partial charge in [-0.05, 0) is 37.6 Å². The maximum absolute atomic E-state index is 11.6. The lowest BCUT2D eigenvalue weighted by molar-refractivity contribution is -0.142. The van der Waals surface area contributed by atoms with E-state index < -0.39 is 5.97 Å². The molecule has 0 aromatic heterocycles. The lowest BCUT2D eigenvalue weighted by Crippen LogP contribution is -2.12. The normalized spacial score (nSPS) is 10.9. The molecule has 0 unspecified atom stereocenters. The van der Waals surface area contributed by atoms with Gasteiger partial charge in [-0.15, -0.1) is 0 Å². The van der Waals surface area contributed by atoms with Crippen LogP contribution < -0.4 is 4.74 Å². The number of benzene rings is 1. The minimum absolute atomic E-state index is 0.0196. The molecule has 0 bridgehead atoms. The van der Waals surface area contributed by atoms with Crippen LogP contribution in [0, 0.1) is 11.3 Å². The van der Waals surface area contributed by atoms with E-state index in [9.17, 15) is 4.79 Å². The number of carbonyl (C=O) groups is 1. The average Bonchev–Trinajstić information content (AvgIpc) is 2.35. The van der Waals surface area contributed by atoms with Gasteiger partial charge in [0.15, 0.2) is 0 Å². The lowest BCUT2D eigenvalue weighted by atomic mass is 10.1. The molecule has 4 nitrogen and oxygen atoms in total. The first kappa shape index (κ1) is 13.8. The number of carbonyl (C=O) groups excluding carboxylic acids is 1. The smallest absolute Gasteiger partial charge is 0.349 e. The maximum Gasteiger partial charge on any atom is 0.349 e. The van der Waals surface area contributed by atoms with Gasteiger partial charge >= 0.3 is 5.97 Å². The topological polar surface area (TPSA) is 59.3 Å². The molecule has 0 fully saturated rings. The van der Waals surface area contributed by atoms with E-state index in [0.29, 0.717) is 0 Å². The summed E-state index contributed by atoms with van der Waals surface area (Å²) in [5.74, 6) is 0.110. The highest BCUT2D eigenvalue weighted by Crippen LogP contribution is 2.14. The lowest BCUT2D eigenvalue weighted by Gasteiger charge is -2.06. The molecule has 1 aromatic rings. The SMILES string of the molecule is COc1ccc(C=C(C#N)C(=O)OC(C)C)cc1. The Bertz CT molecular complexity index is 481. The van der Waals surface area contributed by atoms with Crippen LogP contribution in [0.4, 0.5) is 0 Å². The van der Waals surface area contributed by atoms with Crippen LogP contribution in [0.1, 0.15) is 19.4 Å². The molecule has 0 N–H and O–H groups in total. The molecular weight excluding hydrogens is 230 g/mol. The molecule has 4 heteroatoms. The number of hydrogen-bond donors (Lipinski definition) is 0. The molecule has 0 saturated heterocycles. The third-order valence-electron chi connectivity index (χ3n) is 2.11. The molecule has 0 aliphatic rings. The van der Waals surface area contributed by atoms with E-state index in [4.69, 9.17) is 14.7 Å². The van der Waals surface area contributed by atoms with E-state index >= 15 is 0 Å². The van der Waals surface area contributed by atoms with Crippen LogP contribution in [-0.4, -0.2) is 19.2 Å². The summed E-state index contributed by atoms with van der Waals surface area (Å²) in [4.78, 5) is 11.6. The number of esters is 1. The van der Waals surface area contributed by atoms with Gasteiger partial charge in [-0.1, -0.05) is 12.1 Å². The largest absolute Gasteiger partial charge is 0.497 e. The van der Waals surface area contributed by atoms with Crippen molar-refractivity contribution < 1.29 is 14.3 Å². The number of ether oxygens (including phenoxy) is 2. The van der Waals surface area contributed by atoms with Crippen molar-refractivity contribution in [1.29, 1.82) is 5.26 Å². The van der Waals surface area contributed by atoms with E-state index in [1.165, 1.54) is 6.08 Å². The first-order valence-corrected chi connectivity index (χ1v) is 5.53. The monoisotopic (exact) mass is 245 g/mol. The Labute approximate surface area is 106 Å². The highest BCUT2D eigenvalue weighted by molar-refractivity contribution is 5.97. The molecule has 1 rings (SSSR count). The van der Waals surface area contributed by atoms with Gasteiger partial charge in [0, 0.05) is 0 Å². The van der Waals surface area contributed by atoms with E-state index in [2.05, 4.69) is 0 Å². The van der Waals surface area contributed by atoms with Crippen molar-refractivity contribution in [2.45, 2.75) is 20.0 Å². The fourth-order valence-corrected chi connectivity index (χ4v) is 1.28. The van der Waals surface area contributed by atoms with E-state index in [1.54, 1.807) is 45.2 Å². The molecule has 0 aliphatic heterocycles. The van der Waals surface area contributed by atoms with Crippen LogP contribution in [0.3, 0.4) is 0 Å². The Morgan fingerprint density at radius 3 is 2.39 bits per heavy atom. The highest BCUT2D eigenvalue weighted by atomic mass is 16.5. The Kier molecular flexibility index (Phi) is 4.94. The Morgan fingerprint density at radius 2 is 1.94 bits per heavy atom. The minimum atomic E-state index is -0.608. The van der Waals surface area contributed by atoms with Gasteiger partial charge in [0.1, 0.15) is 17.4 Å². The third-order valence-corrected chi connectivity index (χ3v) is 2.11. The first-order valence-electron chi connectivity index (χ1n) is 5.53. The van der Waals surface area contributed by atoms with Crippen molar-refractivity contribution >= 4 is 12.0 Å². The van der Waals surface area contributed by atoms with Gasteiger partial charge in [-0.25, -0.2) is 4.79 Å². The van der Waals surface area contributed by atoms with Crippen LogP contribution in [0.2, 0.25) is 0 Å². The molecule has 0 radical (unpaired) electrons. The average molecular weight is 245 g/mol. The van der Waals surface area contributed by atoms with Gasteiger partial charge in [0.2, 0.25) is 0 Å². The first-order chi connectivity index (χ1) is 8.56. The van der Waals surface area contributed by atoms with E-state index in [1.807, 2.05) is 6.07 Å². The van der Waals surface area contributed by atoms with Crippen LogP contribution in [0.15, 0.2) is 29.8 Å². The number of methoxy groups -OCH3 is 1. The summed E-state index contributed by atoms with van der Waals surface area (Å²) < 4.78 is 9.99. The third kappa shape index (κ3) is 3.95. The fourth-order valence-electron chi connectivity index (χ4n) is 1.28. The molecule has 0 atom stereocenters. The standard InChI is InChI=1S/C14H15NO3/c1-10(2)18-14(16)12(9-15)8-11-4-6-13(17-3)7-5-11/h4-8,10H,1-3H3. The van der Waals surface area contributed by atoms with Gasteiger partial charge < -0.3 is 9.47 Å². The van der Waals surface area contributed by atoms with Crippen LogP contribution >= 0.6 is 0 Å². The Hall–Kier alpha value is -2.28. The number of rotatable bonds is 4.